The van der Waals surface area contributed by atoms with Crippen LogP contribution in [0, 0.1) is 0 Å². The number of hydrogen-bond acceptors (Lipinski definition) is 5. The molecule has 0 spiro atoms. The predicted molar refractivity (Wildman–Crippen MR) is 91.0 cm³/mol. The molecule has 2 aliphatic rings. The number of sulfonamides is 1. The maximum atomic E-state index is 12.9. The van der Waals surface area contributed by atoms with E-state index in [-0.39, 0.29) is 42.8 Å². The van der Waals surface area contributed by atoms with E-state index in [0.29, 0.717) is 24.5 Å². The first-order chi connectivity index (χ1) is 11.8. The quantitative estimate of drug-likeness (QED) is 0.750. The largest absolute Gasteiger partial charge is 0.491 e. The van der Waals surface area contributed by atoms with Crippen molar-refractivity contribution >= 4 is 27.5 Å². The standard InChI is InChI=1S/C16H21N3O5S/c1-12(20)18-6-8-19(9-7-18)25(22,23)13-3-4-15-14(11-13)17(2)16(21)5-10-24-15/h3-4,11H,5-10H2,1-2H3. The lowest BCUT2D eigenvalue weighted by Gasteiger charge is -2.33. The highest BCUT2D eigenvalue weighted by Gasteiger charge is 2.31. The van der Waals surface area contributed by atoms with Gasteiger partial charge < -0.3 is 14.5 Å². The molecule has 2 aliphatic heterocycles. The molecule has 0 N–H and O–H groups in total. The Kier molecular flexibility index (Phi) is 4.70. The molecule has 8 nitrogen and oxygen atoms in total. The first kappa shape index (κ1) is 17.7. The number of anilines is 1. The van der Waals surface area contributed by atoms with E-state index in [1.807, 2.05) is 0 Å². The summed E-state index contributed by atoms with van der Waals surface area (Å²) in [5, 5.41) is 0. The van der Waals surface area contributed by atoms with Crippen molar-refractivity contribution in [1.29, 1.82) is 0 Å². The minimum Gasteiger partial charge on any atom is -0.491 e. The molecule has 3 rings (SSSR count). The maximum absolute atomic E-state index is 12.9. The molecular formula is C16H21N3O5S. The lowest BCUT2D eigenvalue weighted by molar-refractivity contribution is -0.130. The number of ether oxygens (including phenoxy) is 1. The van der Waals surface area contributed by atoms with Crippen LogP contribution in [-0.2, 0) is 19.6 Å². The SMILES string of the molecule is CC(=O)N1CCN(S(=O)(=O)c2ccc3c(c2)N(C)C(=O)CCO3)CC1. The number of piperazine rings is 1. The van der Waals surface area contributed by atoms with Crippen LogP contribution < -0.4 is 9.64 Å². The molecule has 136 valence electrons. The Balaban J connectivity index is 1.88. The van der Waals surface area contributed by atoms with Crippen LogP contribution >= 0.6 is 0 Å². The number of carbonyl (C=O) groups excluding carboxylic acids is 2. The highest BCUT2D eigenvalue weighted by atomic mass is 32.2. The Morgan fingerprint density at radius 3 is 2.48 bits per heavy atom. The summed E-state index contributed by atoms with van der Waals surface area (Å²) in [5.41, 5.74) is 0.450. The van der Waals surface area contributed by atoms with Gasteiger partial charge in [0.15, 0.2) is 0 Å². The molecule has 0 radical (unpaired) electrons. The van der Waals surface area contributed by atoms with Crippen LogP contribution in [0.25, 0.3) is 0 Å². The van der Waals surface area contributed by atoms with Crippen LogP contribution in [0.3, 0.4) is 0 Å². The van der Waals surface area contributed by atoms with Crippen molar-refractivity contribution in [3.8, 4) is 5.75 Å². The summed E-state index contributed by atoms with van der Waals surface area (Å²) < 4.78 is 32.7. The number of hydrogen-bond donors (Lipinski definition) is 0. The molecule has 1 fully saturated rings. The third kappa shape index (κ3) is 3.34. The zero-order valence-corrected chi connectivity index (χ0v) is 15.1. The fourth-order valence-electron chi connectivity index (χ4n) is 2.98. The zero-order valence-electron chi connectivity index (χ0n) is 14.3. The van der Waals surface area contributed by atoms with E-state index in [0.717, 1.165) is 0 Å². The average molecular weight is 367 g/mol. The first-order valence-electron chi connectivity index (χ1n) is 8.10. The number of nitrogens with zero attached hydrogens (tertiary/aromatic N) is 3. The Labute approximate surface area is 147 Å². The third-order valence-corrected chi connectivity index (χ3v) is 6.46. The van der Waals surface area contributed by atoms with E-state index < -0.39 is 10.0 Å². The fourth-order valence-corrected chi connectivity index (χ4v) is 4.43. The Hall–Kier alpha value is -2.13. The molecule has 2 amide bonds. The van der Waals surface area contributed by atoms with Gasteiger partial charge in [-0.1, -0.05) is 0 Å². The van der Waals surface area contributed by atoms with Gasteiger partial charge in [-0.15, -0.1) is 0 Å². The lowest BCUT2D eigenvalue weighted by Crippen LogP contribution is -2.49. The van der Waals surface area contributed by atoms with Gasteiger partial charge in [-0.2, -0.15) is 4.31 Å². The molecule has 0 saturated carbocycles. The first-order valence-corrected chi connectivity index (χ1v) is 9.54. The fraction of sp³-hybridized carbons (Fsp3) is 0.500. The van der Waals surface area contributed by atoms with Crippen molar-refractivity contribution in [2.24, 2.45) is 0 Å². The molecule has 25 heavy (non-hydrogen) atoms. The van der Waals surface area contributed by atoms with Gasteiger partial charge in [-0.3, -0.25) is 9.59 Å². The average Bonchev–Trinajstić information content (AvgIpc) is 2.74. The van der Waals surface area contributed by atoms with Crippen LogP contribution in [0.2, 0.25) is 0 Å². The van der Waals surface area contributed by atoms with Gasteiger partial charge in [0, 0.05) is 40.2 Å². The van der Waals surface area contributed by atoms with Crippen LogP contribution in [-0.4, -0.2) is 69.3 Å². The smallest absolute Gasteiger partial charge is 0.243 e. The molecule has 9 heteroatoms. The topological polar surface area (TPSA) is 87.2 Å². The van der Waals surface area contributed by atoms with Gasteiger partial charge >= 0.3 is 0 Å². The number of fused-ring (bicyclic) bond motifs is 1. The Morgan fingerprint density at radius 1 is 1.16 bits per heavy atom. The molecule has 0 aliphatic carbocycles. The summed E-state index contributed by atoms with van der Waals surface area (Å²) >= 11 is 0. The molecular weight excluding hydrogens is 346 g/mol. The molecule has 0 bridgehead atoms. The summed E-state index contributed by atoms with van der Waals surface area (Å²) in [5.74, 6) is 0.316. The predicted octanol–water partition coefficient (Wildman–Crippen LogP) is 0.285. The number of carbonyl (C=O) groups is 2. The van der Waals surface area contributed by atoms with Gasteiger partial charge in [0.05, 0.1) is 23.6 Å². The van der Waals surface area contributed by atoms with Crippen molar-refractivity contribution < 1.29 is 22.7 Å². The van der Waals surface area contributed by atoms with Gasteiger partial charge in [0.25, 0.3) is 0 Å². The summed E-state index contributed by atoms with van der Waals surface area (Å²) in [4.78, 5) is 26.6. The minimum atomic E-state index is -3.70. The van der Waals surface area contributed by atoms with E-state index >= 15 is 0 Å². The van der Waals surface area contributed by atoms with Crippen LogP contribution in [0.15, 0.2) is 23.1 Å². The van der Waals surface area contributed by atoms with Gasteiger partial charge in [-0.05, 0) is 18.2 Å². The molecule has 1 aromatic rings. The van der Waals surface area contributed by atoms with Crippen LogP contribution in [0.4, 0.5) is 5.69 Å². The lowest BCUT2D eigenvalue weighted by atomic mass is 10.2. The van der Waals surface area contributed by atoms with E-state index in [1.54, 1.807) is 18.0 Å². The molecule has 0 unspecified atom stereocenters. The molecule has 0 aromatic heterocycles. The normalized spacial score (nSPS) is 19.2. The van der Waals surface area contributed by atoms with Crippen molar-refractivity contribution in [1.82, 2.24) is 9.21 Å². The van der Waals surface area contributed by atoms with Crippen molar-refractivity contribution in [2.45, 2.75) is 18.2 Å². The summed E-state index contributed by atoms with van der Waals surface area (Å²) in [6.07, 6.45) is 0.250. The summed E-state index contributed by atoms with van der Waals surface area (Å²) in [6, 6.07) is 4.56. The Bertz CT molecular complexity index is 800. The Morgan fingerprint density at radius 2 is 1.84 bits per heavy atom. The second-order valence-electron chi connectivity index (χ2n) is 6.09. The van der Waals surface area contributed by atoms with E-state index in [1.165, 1.54) is 28.3 Å². The second kappa shape index (κ2) is 6.64. The number of amides is 2. The molecule has 0 atom stereocenters. The minimum absolute atomic E-state index is 0.0561. The monoisotopic (exact) mass is 367 g/mol. The van der Waals surface area contributed by atoms with Crippen LogP contribution in [0.5, 0.6) is 5.75 Å². The van der Waals surface area contributed by atoms with Gasteiger partial charge in [-0.25, -0.2) is 8.42 Å². The van der Waals surface area contributed by atoms with E-state index in [2.05, 4.69) is 0 Å². The summed E-state index contributed by atoms with van der Waals surface area (Å²) in [7, 11) is -2.09. The number of benzene rings is 1. The maximum Gasteiger partial charge on any atom is 0.243 e. The molecule has 1 saturated heterocycles. The highest BCUT2D eigenvalue weighted by molar-refractivity contribution is 7.89. The van der Waals surface area contributed by atoms with E-state index in [4.69, 9.17) is 4.74 Å². The van der Waals surface area contributed by atoms with Crippen molar-refractivity contribution in [3.05, 3.63) is 18.2 Å². The molecule has 2 heterocycles. The van der Waals surface area contributed by atoms with Crippen LogP contribution in [0.1, 0.15) is 13.3 Å². The van der Waals surface area contributed by atoms with Gasteiger partial charge in [0.1, 0.15) is 5.75 Å². The zero-order chi connectivity index (χ0) is 18.2. The highest BCUT2D eigenvalue weighted by Crippen LogP contribution is 2.33. The summed E-state index contributed by atoms with van der Waals surface area (Å²) in [6.45, 7) is 3.01. The number of rotatable bonds is 2. The second-order valence-corrected chi connectivity index (χ2v) is 8.03. The van der Waals surface area contributed by atoms with Crippen molar-refractivity contribution in [3.63, 3.8) is 0 Å². The van der Waals surface area contributed by atoms with E-state index in [9.17, 15) is 18.0 Å². The van der Waals surface area contributed by atoms with Gasteiger partial charge in [0.2, 0.25) is 21.8 Å². The third-order valence-electron chi connectivity index (χ3n) is 4.56. The van der Waals surface area contributed by atoms with Crippen molar-refractivity contribution in [2.75, 3.05) is 44.7 Å². The molecule has 1 aromatic carbocycles.